The number of nitrogens with zero attached hydrogens (tertiary/aromatic N) is 4. The van der Waals surface area contributed by atoms with E-state index in [-0.39, 0.29) is 5.56 Å². The van der Waals surface area contributed by atoms with Crippen molar-refractivity contribution in [1.82, 2.24) is 18.6 Å². The minimum atomic E-state index is -3.11. The monoisotopic (exact) mass is 350 g/mol. The van der Waals surface area contributed by atoms with Crippen LogP contribution in [0.2, 0.25) is 0 Å². The van der Waals surface area contributed by atoms with E-state index < -0.39 is 10.0 Å². The second-order valence-electron chi connectivity index (χ2n) is 6.16. The maximum atomic E-state index is 12.6. The Morgan fingerprint density at radius 2 is 1.88 bits per heavy atom. The number of rotatable bonds is 4. The predicted molar refractivity (Wildman–Crippen MR) is 92.8 cm³/mol. The van der Waals surface area contributed by atoms with Crippen LogP contribution in [0.3, 0.4) is 0 Å². The van der Waals surface area contributed by atoms with Crippen LogP contribution < -0.4 is 5.56 Å². The average Bonchev–Trinajstić information content (AvgIpc) is 2.54. The Bertz CT molecular complexity index is 899. The number of pyridine rings is 1. The highest BCUT2D eigenvalue weighted by Gasteiger charge is 2.23. The van der Waals surface area contributed by atoms with Crippen molar-refractivity contribution in [1.29, 1.82) is 0 Å². The standard InChI is InChI=1S/C16H22N4O3S/c1-13-14(16(21)20-7-4-3-5-15(20)17-13)6-8-18-9-11-19(12-10-18)24(2,22)23/h3-5,7H,6,8-12H2,1-2H3. The van der Waals surface area contributed by atoms with Crippen LogP contribution in [0.15, 0.2) is 29.2 Å². The van der Waals surface area contributed by atoms with Crippen molar-refractivity contribution in [2.24, 2.45) is 0 Å². The van der Waals surface area contributed by atoms with E-state index in [1.807, 2.05) is 25.1 Å². The molecule has 24 heavy (non-hydrogen) atoms. The summed E-state index contributed by atoms with van der Waals surface area (Å²) in [5.41, 5.74) is 2.13. The summed E-state index contributed by atoms with van der Waals surface area (Å²) < 4.78 is 26.2. The molecule has 0 unspecified atom stereocenters. The smallest absolute Gasteiger partial charge is 0.261 e. The van der Waals surface area contributed by atoms with Crippen LogP contribution in [0, 0.1) is 6.92 Å². The molecular weight excluding hydrogens is 328 g/mol. The third kappa shape index (κ3) is 3.50. The first-order chi connectivity index (χ1) is 11.4. The summed E-state index contributed by atoms with van der Waals surface area (Å²) in [7, 11) is -3.11. The van der Waals surface area contributed by atoms with Crippen molar-refractivity contribution in [2.45, 2.75) is 13.3 Å². The highest BCUT2D eigenvalue weighted by molar-refractivity contribution is 7.88. The fourth-order valence-electron chi connectivity index (χ4n) is 3.08. The molecule has 8 heteroatoms. The molecule has 3 heterocycles. The number of fused-ring (bicyclic) bond motifs is 1. The first kappa shape index (κ1) is 17.1. The Morgan fingerprint density at radius 1 is 1.17 bits per heavy atom. The molecule has 0 bridgehead atoms. The van der Waals surface area contributed by atoms with Gasteiger partial charge in [-0.15, -0.1) is 0 Å². The zero-order valence-electron chi connectivity index (χ0n) is 14.0. The fraction of sp³-hybridized carbons (Fsp3) is 0.500. The molecule has 0 saturated carbocycles. The Morgan fingerprint density at radius 3 is 2.54 bits per heavy atom. The molecule has 0 spiro atoms. The normalized spacial score (nSPS) is 17.4. The number of aryl methyl sites for hydroxylation is 1. The van der Waals surface area contributed by atoms with Gasteiger partial charge in [0.05, 0.1) is 6.26 Å². The Hall–Kier alpha value is -1.77. The van der Waals surface area contributed by atoms with Gasteiger partial charge in [0.2, 0.25) is 10.0 Å². The third-order valence-electron chi connectivity index (χ3n) is 4.51. The summed E-state index contributed by atoms with van der Waals surface area (Å²) in [6.07, 6.45) is 3.60. The van der Waals surface area contributed by atoms with Crippen LogP contribution in [0.4, 0.5) is 0 Å². The quantitative estimate of drug-likeness (QED) is 0.783. The van der Waals surface area contributed by atoms with Crippen LogP contribution in [-0.2, 0) is 16.4 Å². The van der Waals surface area contributed by atoms with Crippen LogP contribution in [-0.4, -0.2) is 66.0 Å². The van der Waals surface area contributed by atoms with Gasteiger partial charge in [-0.3, -0.25) is 9.20 Å². The number of aromatic nitrogens is 2. The molecule has 0 amide bonds. The molecule has 3 rings (SSSR count). The molecule has 0 radical (unpaired) electrons. The summed E-state index contributed by atoms with van der Waals surface area (Å²) in [6.45, 7) is 4.99. The fourth-order valence-corrected chi connectivity index (χ4v) is 3.91. The van der Waals surface area contributed by atoms with E-state index in [0.717, 1.165) is 17.8 Å². The zero-order valence-corrected chi connectivity index (χ0v) is 14.8. The molecule has 0 aromatic carbocycles. The van der Waals surface area contributed by atoms with E-state index in [4.69, 9.17) is 0 Å². The van der Waals surface area contributed by atoms with Gasteiger partial charge >= 0.3 is 0 Å². The number of hydrogen-bond donors (Lipinski definition) is 0. The Balaban J connectivity index is 1.70. The SMILES string of the molecule is Cc1nc2ccccn2c(=O)c1CCN1CCN(S(C)(=O)=O)CC1. The van der Waals surface area contributed by atoms with Gasteiger partial charge in [-0.1, -0.05) is 6.07 Å². The summed E-state index contributed by atoms with van der Waals surface area (Å²) in [5, 5.41) is 0. The molecule has 2 aromatic rings. The van der Waals surface area contributed by atoms with E-state index in [0.29, 0.717) is 38.2 Å². The van der Waals surface area contributed by atoms with Gasteiger partial charge in [0.15, 0.2) is 0 Å². The van der Waals surface area contributed by atoms with Gasteiger partial charge in [0.25, 0.3) is 5.56 Å². The van der Waals surface area contributed by atoms with Gasteiger partial charge in [-0.2, -0.15) is 4.31 Å². The molecular formula is C16H22N4O3S. The number of hydrogen-bond acceptors (Lipinski definition) is 5. The second-order valence-corrected chi connectivity index (χ2v) is 8.15. The van der Waals surface area contributed by atoms with Crippen LogP contribution >= 0.6 is 0 Å². The van der Waals surface area contributed by atoms with Crippen LogP contribution in [0.5, 0.6) is 0 Å². The second kappa shape index (κ2) is 6.62. The lowest BCUT2D eigenvalue weighted by Gasteiger charge is -2.33. The average molecular weight is 350 g/mol. The third-order valence-corrected chi connectivity index (χ3v) is 5.82. The van der Waals surface area contributed by atoms with Crippen molar-refractivity contribution < 1.29 is 8.42 Å². The van der Waals surface area contributed by atoms with E-state index >= 15 is 0 Å². The lowest BCUT2D eigenvalue weighted by Crippen LogP contribution is -2.48. The van der Waals surface area contributed by atoms with E-state index in [1.165, 1.54) is 10.6 Å². The molecule has 0 atom stereocenters. The summed E-state index contributed by atoms with van der Waals surface area (Å²) in [6, 6.07) is 5.50. The minimum Gasteiger partial charge on any atom is -0.300 e. The predicted octanol–water partition coefficient (Wildman–Crippen LogP) is 0.123. The van der Waals surface area contributed by atoms with E-state index in [2.05, 4.69) is 9.88 Å². The topological polar surface area (TPSA) is 75.0 Å². The molecule has 130 valence electrons. The maximum absolute atomic E-state index is 12.6. The molecule has 2 aromatic heterocycles. The summed E-state index contributed by atoms with van der Waals surface area (Å²) >= 11 is 0. The van der Waals surface area contributed by atoms with Gasteiger partial charge < -0.3 is 4.90 Å². The van der Waals surface area contributed by atoms with E-state index in [9.17, 15) is 13.2 Å². The largest absolute Gasteiger partial charge is 0.300 e. The lowest BCUT2D eigenvalue weighted by molar-refractivity contribution is 0.190. The zero-order chi connectivity index (χ0) is 17.3. The maximum Gasteiger partial charge on any atom is 0.261 e. The molecule has 0 aliphatic carbocycles. The Kier molecular flexibility index (Phi) is 4.71. The number of piperazine rings is 1. The van der Waals surface area contributed by atoms with E-state index in [1.54, 1.807) is 10.6 Å². The number of sulfonamides is 1. The van der Waals surface area contributed by atoms with Crippen molar-refractivity contribution in [3.63, 3.8) is 0 Å². The van der Waals surface area contributed by atoms with Crippen LogP contribution in [0.1, 0.15) is 11.3 Å². The van der Waals surface area contributed by atoms with Gasteiger partial charge in [-0.25, -0.2) is 13.4 Å². The summed E-state index contributed by atoms with van der Waals surface area (Å²) in [5.74, 6) is 0. The van der Waals surface area contributed by atoms with Crippen molar-refractivity contribution in [3.05, 3.63) is 46.0 Å². The first-order valence-electron chi connectivity index (χ1n) is 8.00. The van der Waals surface area contributed by atoms with Crippen molar-refractivity contribution in [3.8, 4) is 0 Å². The summed E-state index contributed by atoms with van der Waals surface area (Å²) in [4.78, 5) is 19.3. The van der Waals surface area contributed by atoms with Gasteiger partial charge in [-0.05, 0) is 25.5 Å². The lowest BCUT2D eigenvalue weighted by atomic mass is 10.1. The first-order valence-corrected chi connectivity index (χ1v) is 9.85. The molecule has 0 N–H and O–H groups in total. The highest BCUT2D eigenvalue weighted by Crippen LogP contribution is 2.09. The molecule has 7 nitrogen and oxygen atoms in total. The van der Waals surface area contributed by atoms with Gasteiger partial charge in [0.1, 0.15) is 5.65 Å². The highest BCUT2D eigenvalue weighted by atomic mass is 32.2. The van der Waals surface area contributed by atoms with Crippen LogP contribution in [0.25, 0.3) is 5.65 Å². The van der Waals surface area contributed by atoms with Gasteiger partial charge in [0, 0.05) is 50.2 Å². The van der Waals surface area contributed by atoms with Crippen molar-refractivity contribution >= 4 is 15.7 Å². The molecule has 1 fully saturated rings. The molecule has 1 aliphatic heterocycles. The Labute approximate surface area is 141 Å². The van der Waals surface area contributed by atoms with Crippen molar-refractivity contribution in [2.75, 3.05) is 39.0 Å². The minimum absolute atomic E-state index is 0.0205. The molecule has 1 saturated heterocycles. The molecule has 1 aliphatic rings.